The zero-order valence-corrected chi connectivity index (χ0v) is 10.9. The number of carbonyl (C=O) groups is 3. The quantitative estimate of drug-likeness (QED) is 0.794. The van der Waals surface area contributed by atoms with Gasteiger partial charge in [0, 0.05) is 5.56 Å². The lowest BCUT2D eigenvalue weighted by Gasteiger charge is -2.08. The van der Waals surface area contributed by atoms with Gasteiger partial charge in [0.15, 0.2) is 0 Å². The third-order valence-corrected chi connectivity index (χ3v) is 2.83. The van der Waals surface area contributed by atoms with Crippen LogP contribution >= 0.6 is 0 Å². The van der Waals surface area contributed by atoms with Crippen LogP contribution in [0.4, 0.5) is 5.69 Å². The molecule has 0 unspecified atom stereocenters. The Morgan fingerprint density at radius 1 is 0.905 bits per heavy atom. The van der Waals surface area contributed by atoms with E-state index in [9.17, 15) is 14.4 Å². The summed E-state index contributed by atoms with van der Waals surface area (Å²) in [7, 11) is 0. The molecule has 0 heterocycles. The number of nitrogens with two attached hydrogens (primary N) is 1. The second-order valence-corrected chi connectivity index (χ2v) is 4.25. The van der Waals surface area contributed by atoms with E-state index in [1.807, 2.05) is 0 Å². The average Bonchev–Trinajstić information content (AvgIpc) is 2.47. The Hall–Kier alpha value is -3.15. The number of primary amides is 1. The minimum Gasteiger partial charge on any atom is -0.478 e. The number of benzene rings is 2. The van der Waals surface area contributed by atoms with Crippen molar-refractivity contribution in [2.45, 2.75) is 0 Å². The van der Waals surface area contributed by atoms with Crippen molar-refractivity contribution in [3.05, 3.63) is 65.2 Å². The van der Waals surface area contributed by atoms with Gasteiger partial charge in [0.2, 0.25) is 0 Å². The molecule has 2 aromatic carbocycles. The number of aromatic carboxylic acids is 1. The molecule has 6 nitrogen and oxygen atoms in total. The van der Waals surface area contributed by atoms with E-state index in [0.29, 0.717) is 5.69 Å². The molecular formula is C15H12N2O4. The van der Waals surface area contributed by atoms with Crippen LogP contribution in [0.15, 0.2) is 48.5 Å². The van der Waals surface area contributed by atoms with Gasteiger partial charge >= 0.3 is 5.97 Å². The molecule has 0 bridgehead atoms. The summed E-state index contributed by atoms with van der Waals surface area (Å²) in [4.78, 5) is 34.1. The van der Waals surface area contributed by atoms with Crippen LogP contribution in [0, 0.1) is 0 Å². The van der Waals surface area contributed by atoms with E-state index in [2.05, 4.69) is 5.32 Å². The summed E-state index contributed by atoms with van der Waals surface area (Å²) in [6.07, 6.45) is 0. The lowest BCUT2D eigenvalue weighted by molar-refractivity contribution is 0.0696. The highest BCUT2D eigenvalue weighted by Crippen LogP contribution is 2.16. The maximum absolute atomic E-state index is 12.1. The summed E-state index contributed by atoms with van der Waals surface area (Å²) in [6.45, 7) is 0. The molecule has 4 N–H and O–H groups in total. The number of amides is 2. The lowest BCUT2D eigenvalue weighted by atomic mass is 10.1. The Kier molecular flexibility index (Phi) is 3.99. The van der Waals surface area contributed by atoms with Crippen molar-refractivity contribution >= 4 is 23.5 Å². The van der Waals surface area contributed by atoms with Gasteiger partial charge in [-0.05, 0) is 36.4 Å². The van der Waals surface area contributed by atoms with Crippen LogP contribution in [0.2, 0.25) is 0 Å². The molecule has 0 saturated heterocycles. The molecule has 0 spiro atoms. The van der Waals surface area contributed by atoms with E-state index in [1.54, 1.807) is 18.2 Å². The molecular weight excluding hydrogens is 272 g/mol. The summed E-state index contributed by atoms with van der Waals surface area (Å²) in [5.41, 5.74) is 6.10. The second kappa shape index (κ2) is 5.87. The van der Waals surface area contributed by atoms with Crippen molar-refractivity contribution in [3.63, 3.8) is 0 Å². The predicted octanol–water partition coefficient (Wildman–Crippen LogP) is 1.74. The Labute approximate surface area is 120 Å². The largest absolute Gasteiger partial charge is 0.478 e. The molecule has 2 amide bonds. The SMILES string of the molecule is NC(=O)c1ccccc1NC(=O)c1ccc(C(=O)O)cc1. The Morgan fingerprint density at radius 2 is 1.48 bits per heavy atom. The highest BCUT2D eigenvalue weighted by molar-refractivity contribution is 6.08. The van der Waals surface area contributed by atoms with E-state index in [-0.39, 0.29) is 16.7 Å². The highest BCUT2D eigenvalue weighted by Gasteiger charge is 2.12. The van der Waals surface area contributed by atoms with E-state index in [0.717, 1.165) is 0 Å². The number of nitrogens with one attached hydrogen (secondary N) is 1. The van der Waals surface area contributed by atoms with Crippen molar-refractivity contribution in [1.82, 2.24) is 0 Å². The van der Waals surface area contributed by atoms with Gasteiger partial charge in [-0.25, -0.2) is 4.79 Å². The summed E-state index contributed by atoms with van der Waals surface area (Å²) in [5, 5.41) is 11.4. The van der Waals surface area contributed by atoms with Crippen LogP contribution < -0.4 is 11.1 Å². The van der Waals surface area contributed by atoms with Crippen LogP contribution in [0.25, 0.3) is 0 Å². The summed E-state index contributed by atoms with van der Waals surface area (Å²) in [6, 6.07) is 11.8. The molecule has 0 atom stereocenters. The number of carboxylic acids is 1. The first kappa shape index (κ1) is 14.3. The number of carboxylic acid groups (broad SMARTS) is 1. The lowest BCUT2D eigenvalue weighted by Crippen LogP contribution is -2.18. The number of hydrogen-bond donors (Lipinski definition) is 3. The predicted molar refractivity (Wildman–Crippen MR) is 76.3 cm³/mol. The molecule has 0 saturated carbocycles. The Bertz CT molecular complexity index is 708. The minimum atomic E-state index is -1.07. The standard InChI is InChI=1S/C15H12N2O4/c16-13(18)11-3-1-2-4-12(11)17-14(19)9-5-7-10(8-6-9)15(20)21/h1-8H,(H2,16,18)(H,17,19)(H,20,21). The van der Waals surface area contributed by atoms with Gasteiger partial charge in [-0.2, -0.15) is 0 Å². The number of para-hydroxylation sites is 1. The fraction of sp³-hybridized carbons (Fsp3) is 0. The van der Waals surface area contributed by atoms with Gasteiger partial charge in [0.1, 0.15) is 0 Å². The molecule has 6 heteroatoms. The molecule has 0 aliphatic carbocycles. The molecule has 0 aliphatic heterocycles. The highest BCUT2D eigenvalue weighted by atomic mass is 16.4. The number of rotatable bonds is 4. The van der Waals surface area contributed by atoms with Gasteiger partial charge in [-0.1, -0.05) is 12.1 Å². The smallest absolute Gasteiger partial charge is 0.335 e. The molecule has 0 radical (unpaired) electrons. The summed E-state index contributed by atoms with van der Waals surface area (Å²) in [5.74, 6) is -2.17. The van der Waals surface area contributed by atoms with Crippen molar-refractivity contribution in [2.24, 2.45) is 5.73 Å². The first-order chi connectivity index (χ1) is 9.99. The number of anilines is 1. The number of hydrogen-bond acceptors (Lipinski definition) is 3. The van der Waals surface area contributed by atoms with Gasteiger partial charge in [0.25, 0.3) is 11.8 Å². The van der Waals surface area contributed by atoms with Crippen molar-refractivity contribution in [3.8, 4) is 0 Å². The van der Waals surface area contributed by atoms with Crippen LogP contribution in [0.1, 0.15) is 31.1 Å². The van der Waals surface area contributed by atoms with Crippen LogP contribution in [-0.4, -0.2) is 22.9 Å². The van der Waals surface area contributed by atoms with Crippen LogP contribution in [0.5, 0.6) is 0 Å². The third-order valence-electron chi connectivity index (χ3n) is 2.83. The van der Waals surface area contributed by atoms with Crippen molar-refractivity contribution in [2.75, 3.05) is 5.32 Å². The maximum atomic E-state index is 12.1. The van der Waals surface area contributed by atoms with Gasteiger partial charge in [0.05, 0.1) is 16.8 Å². The zero-order chi connectivity index (χ0) is 15.4. The Morgan fingerprint density at radius 3 is 2.05 bits per heavy atom. The number of carbonyl (C=O) groups excluding carboxylic acids is 2. The minimum absolute atomic E-state index is 0.0871. The first-order valence-corrected chi connectivity index (χ1v) is 6.02. The molecule has 21 heavy (non-hydrogen) atoms. The first-order valence-electron chi connectivity index (χ1n) is 6.02. The Balaban J connectivity index is 2.22. The second-order valence-electron chi connectivity index (χ2n) is 4.25. The fourth-order valence-electron chi connectivity index (χ4n) is 1.77. The van der Waals surface area contributed by atoms with Crippen LogP contribution in [-0.2, 0) is 0 Å². The zero-order valence-electron chi connectivity index (χ0n) is 10.9. The van der Waals surface area contributed by atoms with Gasteiger partial charge < -0.3 is 16.2 Å². The third kappa shape index (κ3) is 3.24. The molecule has 0 aromatic heterocycles. The molecule has 2 aromatic rings. The summed E-state index contributed by atoms with van der Waals surface area (Å²) < 4.78 is 0. The van der Waals surface area contributed by atoms with E-state index in [4.69, 9.17) is 10.8 Å². The maximum Gasteiger partial charge on any atom is 0.335 e. The molecule has 106 valence electrons. The monoisotopic (exact) mass is 284 g/mol. The molecule has 0 fully saturated rings. The average molecular weight is 284 g/mol. The van der Waals surface area contributed by atoms with Crippen molar-refractivity contribution in [1.29, 1.82) is 0 Å². The summed E-state index contributed by atoms with van der Waals surface area (Å²) >= 11 is 0. The normalized spacial score (nSPS) is 9.90. The molecule has 2 rings (SSSR count). The van der Waals surface area contributed by atoms with E-state index >= 15 is 0 Å². The fourth-order valence-corrected chi connectivity index (χ4v) is 1.77. The molecule has 0 aliphatic rings. The van der Waals surface area contributed by atoms with Gasteiger partial charge in [-0.3, -0.25) is 9.59 Å². The van der Waals surface area contributed by atoms with E-state index in [1.165, 1.54) is 30.3 Å². The van der Waals surface area contributed by atoms with Crippen molar-refractivity contribution < 1.29 is 19.5 Å². The van der Waals surface area contributed by atoms with E-state index < -0.39 is 17.8 Å². The van der Waals surface area contributed by atoms with Crippen LogP contribution in [0.3, 0.4) is 0 Å². The topological polar surface area (TPSA) is 109 Å². The van der Waals surface area contributed by atoms with Gasteiger partial charge in [-0.15, -0.1) is 0 Å².